The Hall–Kier alpha value is -2.28. The number of nitriles is 1. The molecule has 2 rings (SSSR count). The monoisotopic (exact) mass is 226 g/mol. The molecule has 4 nitrogen and oxygen atoms in total. The normalized spacial score (nSPS) is 10.2. The third-order valence-electron chi connectivity index (χ3n) is 2.84. The van der Waals surface area contributed by atoms with E-state index in [2.05, 4.69) is 18.1 Å². The molecule has 0 aliphatic heterocycles. The molecule has 86 valence electrons. The summed E-state index contributed by atoms with van der Waals surface area (Å²) >= 11 is 0. The number of benzene rings is 1. The molecule has 2 N–H and O–H groups in total. The van der Waals surface area contributed by atoms with Crippen LogP contribution in [0.5, 0.6) is 0 Å². The van der Waals surface area contributed by atoms with E-state index in [1.54, 1.807) is 7.05 Å². The van der Waals surface area contributed by atoms with E-state index in [-0.39, 0.29) is 0 Å². The number of nitrogens with zero attached hydrogens (tertiary/aromatic N) is 3. The molecular formula is C13H14N4. The zero-order valence-corrected chi connectivity index (χ0v) is 9.94. The number of hydrogen-bond donors (Lipinski definition) is 1. The van der Waals surface area contributed by atoms with E-state index >= 15 is 0 Å². The van der Waals surface area contributed by atoms with Crippen molar-refractivity contribution in [3.8, 4) is 17.3 Å². The van der Waals surface area contributed by atoms with E-state index in [1.165, 1.54) is 10.2 Å². The maximum Gasteiger partial charge on any atom is 0.140 e. The van der Waals surface area contributed by atoms with E-state index in [0.717, 1.165) is 12.0 Å². The lowest BCUT2D eigenvalue weighted by atomic mass is 10.1. The average Bonchev–Trinajstić information content (AvgIpc) is 2.65. The zero-order chi connectivity index (χ0) is 12.4. The van der Waals surface area contributed by atoms with E-state index in [9.17, 15) is 0 Å². The Bertz CT molecular complexity index is 573. The van der Waals surface area contributed by atoms with Gasteiger partial charge in [0.15, 0.2) is 0 Å². The van der Waals surface area contributed by atoms with Gasteiger partial charge in [0, 0.05) is 12.6 Å². The second kappa shape index (κ2) is 4.30. The van der Waals surface area contributed by atoms with Crippen LogP contribution in [-0.4, -0.2) is 9.78 Å². The van der Waals surface area contributed by atoms with Gasteiger partial charge in [-0.15, -0.1) is 0 Å². The zero-order valence-electron chi connectivity index (χ0n) is 9.94. The Kier molecular flexibility index (Phi) is 2.84. The molecule has 1 aromatic carbocycles. The van der Waals surface area contributed by atoms with E-state index in [4.69, 9.17) is 11.0 Å². The van der Waals surface area contributed by atoms with Gasteiger partial charge in [-0.3, -0.25) is 4.68 Å². The minimum absolute atomic E-state index is 0.405. The van der Waals surface area contributed by atoms with Crippen LogP contribution in [-0.2, 0) is 13.5 Å². The smallest absolute Gasteiger partial charge is 0.140 e. The van der Waals surface area contributed by atoms with Crippen LogP contribution >= 0.6 is 0 Å². The van der Waals surface area contributed by atoms with Crippen LogP contribution in [0.15, 0.2) is 24.3 Å². The number of anilines is 1. The molecule has 0 aliphatic carbocycles. The molecule has 2 aromatic rings. The highest BCUT2D eigenvalue weighted by Crippen LogP contribution is 2.26. The molecule has 0 spiro atoms. The maximum atomic E-state index is 9.09. The van der Waals surface area contributed by atoms with Crippen molar-refractivity contribution in [2.75, 3.05) is 5.73 Å². The third-order valence-corrected chi connectivity index (χ3v) is 2.84. The van der Waals surface area contributed by atoms with Gasteiger partial charge in [0.2, 0.25) is 0 Å². The summed E-state index contributed by atoms with van der Waals surface area (Å²) in [6.45, 7) is 2.11. The van der Waals surface area contributed by atoms with Crippen LogP contribution in [0.2, 0.25) is 0 Å². The molecule has 0 radical (unpaired) electrons. The molecule has 0 bridgehead atoms. The fraction of sp³-hybridized carbons (Fsp3) is 0.231. The van der Waals surface area contributed by atoms with Gasteiger partial charge in [0.1, 0.15) is 23.1 Å². The van der Waals surface area contributed by atoms with Crippen molar-refractivity contribution in [3.05, 3.63) is 35.4 Å². The number of nitrogens with two attached hydrogens (primary N) is 1. The standard InChI is InChI=1S/C13H14N4/c1-3-9-4-6-10(7-5-9)12-11(8-14)13(15)17(2)16-12/h4-7H,3,15H2,1-2H3. The van der Waals surface area contributed by atoms with Crippen molar-refractivity contribution >= 4 is 5.82 Å². The molecule has 1 heterocycles. The Morgan fingerprint density at radius 1 is 1.35 bits per heavy atom. The number of rotatable bonds is 2. The van der Waals surface area contributed by atoms with Crippen molar-refractivity contribution in [1.29, 1.82) is 5.26 Å². The highest BCUT2D eigenvalue weighted by Gasteiger charge is 2.14. The summed E-state index contributed by atoms with van der Waals surface area (Å²) in [6.07, 6.45) is 0.996. The van der Waals surface area contributed by atoms with Gasteiger partial charge in [-0.2, -0.15) is 10.4 Å². The summed E-state index contributed by atoms with van der Waals surface area (Å²) in [5.41, 5.74) is 9.06. The van der Waals surface area contributed by atoms with Crippen LogP contribution in [0.3, 0.4) is 0 Å². The first-order valence-electron chi connectivity index (χ1n) is 5.49. The highest BCUT2D eigenvalue weighted by atomic mass is 15.3. The van der Waals surface area contributed by atoms with Crippen molar-refractivity contribution in [2.24, 2.45) is 7.05 Å². The van der Waals surface area contributed by atoms with Gasteiger partial charge in [0.05, 0.1) is 0 Å². The van der Waals surface area contributed by atoms with E-state index in [1.807, 2.05) is 24.3 Å². The fourth-order valence-electron chi connectivity index (χ4n) is 1.75. The SMILES string of the molecule is CCc1ccc(-c2nn(C)c(N)c2C#N)cc1. The number of hydrogen-bond acceptors (Lipinski definition) is 3. The average molecular weight is 226 g/mol. The fourth-order valence-corrected chi connectivity index (χ4v) is 1.75. The molecule has 0 atom stereocenters. The highest BCUT2D eigenvalue weighted by molar-refractivity contribution is 5.72. The van der Waals surface area contributed by atoms with Crippen molar-refractivity contribution in [1.82, 2.24) is 9.78 Å². The Morgan fingerprint density at radius 2 is 2.00 bits per heavy atom. The minimum atomic E-state index is 0.405. The molecule has 0 saturated carbocycles. The lowest BCUT2D eigenvalue weighted by Crippen LogP contribution is -1.97. The Balaban J connectivity index is 2.53. The van der Waals surface area contributed by atoms with Crippen molar-refractivity contribution in [3.63, 3.8) is 0 Å². The lowest BCUT2D eigenvalue weighted by molar-refractivity contribution is 0.782. The second-order valence-electron chi connectivity index (χ2n) is 3.89. The molecule has 1 aromatic heterocycles. The maximum absolute atomic E-state index is 9.09. The predicted octanol–water partition coefficient (Wildman–Crippen LogP) is 2.10. The van der Waals surface area contributed by atoms with Gasteiger partial charge in [-0.1, -0.05) is 31.2 Å². The van der Waals surface area contributed by atoms with Crippen LogP contribution in [0.4, 0.5) is 5.82 Å². The van der Waals surface area contributed by atoms with Crippen molar-refractivity contribution in [2.45, 2.75) is 13.3 Å². The summed E-state index contributed by atoms with van der Waals surface area (Å²) in [5.74, 6) is 0.405. The predicted molar refractivity (Wildman–Crippen MR) is 67.1 cm³/mol. The van der Waals surface area contributed by atoms with Gasteiger partial charge >= 0.3 is 0 Å². The van der Waals surface area contributed by atoms with Crippen LogP contribution in [0.1, 0.15) is 18.1 Å². The molecule has 0 saturated heterocycles. The van der Waals surface area contributed by atoms with Gasteiger partial charge in [0.25, 0.3) is 0 Å². The number of aromatic nitrogens is 2. The molecule has 0 fully saturated rings. The Labute approximate surface area is 100 Å². The quantitative estimate of drug-likeness (QED) is 0.852. The largest absolute Gasteiger partial charge is 0.383 e. The number of nitrogen functional groups attached to an aromatic ring is 1. The summed E-state index contributed by atoms with van der Waals surface area (Å²) in [6, 6.07) is 10.1. The minimum Gasteiger partial charge on any atom is -0.383 e. The van der Waals surface area contributed by atoms with Gasteiger partial charge in [-0.25, -0.2) is 0 Å². The summed E-state index contributed by atoms with van der Waals surface area (Å²) in [4.78, 5) is 0. The molecule has 0 aliphatic rings. The van der Waals surface area contributed by atoms with E-state index < -0.39 is 0 Å². The topological polar surface area (TPSA) is 67.6 Å². The van der Waals surface area contributed by atoms with Gasteiger partial charge in [-0.05, 0) is 12.0 Å². The summed E-state index contributed by atoms with van der Waals surface area (Å²) < 4.78 is 1.53. The second-order valence-corrected chi connectivity index (χ2v) is 3.89. The first kappa shape index (κ1) is 11.2. The molecule has 0 unspecified atom stereocenters. The van der Waals surface area contributed by atoms with Crippen LogP contribution in [0.25, 0.3) is 11.3 Å². The van der Waals surface area contributed by atoms with Crippen molar-refractivity contribution < 1.29 is 0 Å². The number of aryl methyl sites for hydroxylation is 2. The van der Waals surface area contributed by atoms with Crippen LogP contribution in [0, 0.1) is 11.3 Å². The summed E-state index contributed by atoms with van der Waals surface area (Å²) in [7, 11) is 1.74. The molecular weight excluding hydrogens is 212 g/mol. The summed E-state index contributed by atoms with van der Waals surface area (Å²) in [5, 5.41) is 13.4. The van der Waals surface area contributed by atoms with Gasteiger partial charge < -0.3 is 5.73 Å². The lowest BCUT2D eigenvalue weighted by Gasteiger charge is -1.99. The third kappa shape index (κ3) is 1.87. The molecule has 4 heteroatoms. The first-order valence-corrected chi connectivity index (χ1v) is 5.49. The van der Waals surface area contributed by atoms with Crippen LogP contribution < -0.4 is 5.73 Å². The molecule has 17 heavy (non-hydrogen) atoms. The van der Waals surface area contributed by atoms with E-state index in [0.29, 0.717) is 17.1 Å². The first-order chi connectivity index (χ1) is 8.17. The Morgan fingerprint density at radius 3 is 2.53 bits per heavy atom. The molecule has 0 amide bonds.